The Morgan fingerprint density at radius 3 is 1.78 bits per heavy atom. The predicted molar refractivity (Wildman–Crippen MR) is 97.0 cm³/mol. The van der Waals surface area contributed by atoms with Crippen molar-refractivity contribution in [3.05, 3.63) is 102 Å². The van der Waals surface area contributed by atoms with E-state index in [-0.39, 0.29) is 0 Å². The predicted octanol–water partition coefficient (Wildman–Crippen LogP) is 5.13. The standard InChI is InChI=1S/C20H17ClOS/c21-20(18-12-6-2-7-13-18,16-17-10-4-1-5-11-17)23(22)19-14-8-3-9-15-19/h1-15H,16H2. The fourth-order valence-electron chi connectivity index (χ4n) is 2.55. The molecule has 0 heterocycles. The van der Waals surface area contributed by atoms with Gasteiger partial charge in [0.1, 0.15) is 0 Å². The molecule has 3 aromatic rings. The molecule has 3 rings (SSSR count). The zero-order valence-corrected chi connectivity index (χ0v) is 14.1. The first-order valence-electron chi connectivity index (χ1n) is 7.45. The number of halogens is 1. The van der Waals surface area contributed by atoms with Crippen LogP contribution in [0.1, 0.15) is 11.1 Å². The van der Waals surface area contributed by atoms with Gasteiger partial charge >= 0.3 is 0 Å². The molecule has 3 aromatic carbocycles. The van der Waals surface area contributed by atoms with E-state index in [0.717, 1.165) is 16.0 Å². The van der Waals surface area contributed by atoms with Gasteiger partial charge in [-0.25, -0.2) is 0 Å². The number of hydrogen-bond donors (Lipinski definition) is 0. The van der Waals surface area contributed by atoms with Gasteiger partial charge in [0.2, 0.25) is 0 Å². The fraction of sp³-hybridized carbons (Fsp3) is 0.100. The Labute approximate surface area is 144 Å². The topological polar surface area (TPSA) is 17.1 Å². The molecule has 0 amide bonds. The summed E-state index contributed by atoms with van der Waals surface area (Å²) >= 11 is 6.98. The maximum atomic E-state index is 13.3. The van der Waals surface area contributed by atoms with Crippen LogP contribution in [0.25, 0.3) is 0 Å². The van der Waals surface area contributed by atoms with Crippen molar-refractivity contribution >= 4 is 22.4 Å². The molecular weight excluding hydrogens is 324 g/mol. The summed E-state index contributed by atoms with van der Waals surface area (Å²) in [7, 11) is -1.37. The minimum absolute atomic E-state index is 0.501. The SMILES string of the molecule is O=S(c1ccccc1)C(Cl)(Cc1ccccc1)c1ccccc1. The Morgan fingerprint density at radius 2 is 1.22 bits per heavy atom. The van der Waals surface area contributed by atoms with Crippen LogP contribution in [0.3, 0.4) is 0 Å². The summed E-state index contributed by atoms with van der Waals surface area (Å²) in [5, 5.41) is 0. The molecule has 0 fully saturated rings. The lowest BCUT2D eigenvalue weighted by Crippen LogP contribution is -2.28. The van der Waals surface area contributed by atoms with Crippen LogP contribution in [0.5, 0.6) is 0 Å². The molecule has 0 radical (unpaired) electrons. The Balaban J connectivity index is 2.05. The van der Waals surface area contributed by atoms with Gasteiger partial charge in [-0.1, -0.05) is 90.5 Å². The zero-order valence-electron chi connectivity index (χ0n) is 12.6. The number of benzene rings is 3. The maximum Gasteiger partial charge on any atom is 0.153 e. The van der Waals surface area contributed by atoms with Crippen molar-refractivity contribution in [1.29, 1.82) is 0 Å². The van der Waals surface area contributed by atoms with E-state index in [2.05, 4.69) is 0 Å². The second-order valence-electron chi connectivity index (χ2n) is 5.34. The quantitative estimate of drug-likeness (QED) is 0.588. The van der Waals surface area contributed by atoms with Crippen molar-refractivity contribution in [1.82, 2.24) is 0 Å². The first-order valence-corrected chi connectivity index (χ1v) is 8.98. The van der Waals surface area contributed by atoms with Crippen molar-refractivity contribution in [2.75, 3.05) is 0 Å². The van der Waals surface area contributed by atoms with Crippen molar-refractivity contribution < 1.29 is 4.21 Å². The number of rotatable bonds is 5. The molecule has 0 saturated carbocycles. The largest absolute Gasteiger partial charge is 0.252 e. The summed E-state index contributed by atoms with van der Waals surface area (Å²) in [6.07, 6.45) is 0.501. The first kappa shape index (κ1) is 16.0. The van der Waals surface area contributed by atoms with Gasteiger partial charge in [-0.05, 0) is 23.3 Å². The Kier molecular flexibility index (Phi) is 4.94. The summed E-state index contributed by atoms with van der Waals surface area (Å²) < 4.78 is 12.3. The molecule has 116 valence electrons. The third-order valence-corrected chi connectivity index (χ3v) is 6.17. The third kappa shape index (κ3) is 3.54. The highest BCUT2D eigenvalue weighted by molar-refractivity contribution is 7.87. The molecule has 0 N–H and O–H groups in total. The Hall–Kier alpha value is -1.90. The van der Waals surface area contributed by atoms with Gasteiger partial charge in [0, 0.05) is 11.3 Å². The minimum Gasteiger partial charge on any atom is -0.252 e. The summed E-state index contributed by atoms with van der Waals surface area (Å²) in [6, 6.07) is 29.0. The molecule has 0 aliphatic carbocycles. The van der Waals surface area contributed by atoms with Gasteiger partial charge in [0.15, 0.2) is 4.21 Å². The lowest BCUT2D eigenvalue weighted by Gasteiger charge is -2.27. The Bertz CT molecular complexity index is 775. The van der Waals surface area contributed by atoms with E-state index in [4.69, 9.17) is 11.6 Å². The number of alkyl halides is 1. The first-order chi connectivity index (χ1) is 11.2. The van der Waals surface area contributed by atoms with Gasteiger partial charge in [-0.2, -0.15) is 0 Å². The van der Waals surface area contributed by atoms with Crippen LogP contribution in [-0.2, 0) is 21.4 Å². The maximum absolute atomic E-state index is 13.3. The summed E-state index contributed by atoms with van der Waals surface area (Å²) in [4.78, 5) is 0.738. The molecule has 0 saturated heterocycles. The highest BCUT2D eigenvalue weighted by Crippen LogP contribution is 2.39. The van der Waals surface area contributed by atoms with E-state index in [1.54, 1.807) is 0 Å². The van der Waals surface area contributed by atoms with Crippen LogP contribution in [0, 0.1) is 0 Å². The van der Waals surface area contributed by atoms with E-state index < -0.39 is 15.0 Å². The minimum atomic E-state index is -1.37. The van der Waals surface area contributed by atoms with Crippen LogP contribution >= 0.6 is 11.6 Å². The fourth-order valence-corrected chi connectivity index (χ4v) is 4.52. The van der Waals surface area contributed by atoms with Crippen LogP contribution in [-0.4, -0.2) is 4.21 Å². The van der Waals surface area contributed by atoms with E-state index in [9.17, 15) is 4.21 Å². The van der Waals surface area contributed by atoms with Crippen molar-refractivity contribution in [3.8, 4) is 0 Å². The van der Waals surface area contributed by atoms with E-state index in [1.165, 1.54) is 0 Å². The highest BCUT2D eigenvalue weighted by atomic mass is 35.5. The molecule has 2 unspecified atom stereocenters. The molecule has 3 heteroatoms. The number of hydrogen-bond acceptors (Lipinski definition) is 1. The smallest absolute Gasteiger partial charge is 0.153 e. The van der Waals surface area contributed by atoms with Gasteiger partial charge in [0.05, 0.1) is 10.8 Å². The molecule has 0 aromatic heterocycles. The molecule has 0 bridgehead atoms. The van der Waals surface area contributed by atoms with Crippen molar-refractivity contribution in [2.24, 2.45) is 0 Å². The molecular formula is C20H17ClOS. The Morgan fingerprint density at radius 1 is 0.739 bits per heavy atom. The second-order valence-corrected chi connectivity index (χ2v) is 7.91. The van der Waals surface area contributed by atoms with E-state index >= 15 is 0 Å². The van der Waals surface area contributed by atoms with Gasteiger partial charge < -0.3 is 0 Å². The van der Waals surface area contributed by atoms with Gasteiger partial charge in [-0.15, -0.1) is 0 Å². The van der Waals surface area contributed by atoms with E-state index in [0.29, 0.717) is 6.42 Å². The molecule has 0 aliphatic heterocycles. The van der Waals surface area contributed by atoms with Crippen LogP contribution in [0.4, 0.5) is 0 Å². The van der Waals surface area contributed by atoms with Crippen LogP contribution in [0.2, 0.25) is 0 Å². The molecule has 0 spiro atoms. The monoisotopic (exact) mass is 340 g/mol. The lowest BCUT2D eigenvalue weighted by atomic mass is 10.0. The molecule has 2 atom stereocenters. The van der Waals surface area contributed by atoms with Crippen molar-refractivity contribution in [3.63, 3.8) is 0 Å². The molecule has 23 heavy (non-hydrogen) atoms. The van der Waals surface area contributed by atoms with Crippen LogP contribution < -0.4 is 0 Å². The lowest BCUT2D eigenvalue weighted by molar-refractivity contribution is 0.660. The molecule has 0 aliphatic rings. The average Bonchev–Trinajstić information content (AvgIpc) is 2.63. The normalized spacial score (nSPS) is 14.8. The molecule has 1 nitrogen and oxygen atoms in total. The third-order valence-electron chi connectivity index (χ3n) is 3.73. The summed E-state index contributed by atoms with van der Waals surface area (Å²) in [5.41, 5.74) is 1.93. The summed E-state index contributed by atoms with van der Waals surface area (Å²) in [5.74, 6) is 0. The van der Waals surface area contributed by atoms with E-state index in [1.807, 2.05) is 91.0 Å². The van der Waals surface area contributed by atoms with Gasteiger partial charge in [0.25, 0.3) is 0 Å². The highest BCUT2D eigenvalue weighted by Gasteiger charge is 2.37. The van der Waals surface area contributed by atoms with Crippen molar-refractivity contribution in [2.45, 2.75) is 15.5 Å². The second kappa shape index (κ2) is 7.12. The van der Waals surface area contributed by atoms with Gasteiger partial charge in [-0.3, -0.25) is 4.21 Å². The summed E-state index contributed by atoms with van der Waals surface area (Å²) in [6.45, 7) is 0. The average molecular weight is 341 g/mol. The van der Waals surface area contributed by atoms with Crippen LogP contribution in [0.15, 0.2) is 95.9 Å². The zero-order chi connectivity index (χ0) is 16.1.